The number of nitrogens with zero attached hydrogens (tertiary/aromatic N) is 2. The highest BCUT2D eigenvalue weighted by Gasteiger charge is 2.33. The largest absolute Gasteiger partial charge is 0.352 e. The molecule has 2 atom stereocenters. The summed E-state index contributed by atoms with van der Waals surface area (Å²) in [7, 11) is -3.83. The van der Waals surface area contributed by atoms with Gasteiger partial charge in [-0.3, -0.25) is 13.9 Å². The zero-order chi connectivity index (χ0) is 29.4. The molecule has 40 heavy (non-hydrogen) atoms. The maximum absolute atomic E-state index is 14.1. The van der Waals surface area contributed by atoms with Crippen LogP contribution in [0.5, 0.6) is 0 Å². The van der Waals surface area contributed by atoms with Gasteiger partial charge in [-0.25, -0.2) is 8.42 Å². The number of halogens is 2. The molecule has 0 aromatic heterocycles. The Morgan fingerprint density at radius 1 is 1.00 bits per heavy atom. The Kier molecular flexibility index (Phi) is 11.2. The van der Waals surface area contributed by atoms with Crippen LogP contribution in [-0.2, 0) is 32.6 Å². The van der Waals surface area contributed by atoms with Crippen LogP contribution in [0.4, 0.5) is 5.69 Å². The molecule has 7 nitrogen and oxygen atoms in total. The van der Waals surface area contributed by atoms with E-state index in [0.717, 1.165) is 38.1 Å². The van der Waals surface area contributed by atoms with Gasteiger partial charge in [0.05, 0.1) is 11.9 Å². The molecule has 2 amide bonds. The molecule has 3 aromatic rings. The summed E-state index contributed by atoms with van der Waals surface area (Å²) >= 11 is 9.68. The van der Waals surface area contributed by atoms with E-state index < -0.39 is 28.5 Å². The van der Waals surface area contributed by atoms with E-state index in [0.29, 0.717) is 10.7 Å². The van der Waals surface area contributed by atoms with Crippen LogP contribution >= 0.6 is 27.5 Å². The number of hydrogen-bond acceptors (Lipinski definition) is 4. The zero-order valence-electron chi connectivity index (χ0n) is 23.1. The number of benzene rings is 3. The fourth-order valence-corrected chi connectivity index (χ4v) is 5.53. The molecule has 0 aliphatic heterocycles. The van der Waals surface area contributed by atoms with Crippen molar-refractivity contribution < 1.29 is 18.0 Å². The minimum atomic E-state index is -3.83. The number of amides is 2. The lowest BCUT2D eigenvalue weighted by Gasteiger charge is -2.34. The molecule has 10 heteroatoms. The van der Waals surface area contributed by atoms with Gasteiger partial charge in [0.2, 0.25) is 21.8 Å². The van der Waals surface area contributed by atoms with Crippen molar-refractivity contribution in [3.63, 3.8) is 0 Å². The molecule has 3 rings (SSSR count). The van der Waals surface area contributed by atoms with Crippen molar-refractivity contribution in [1.29, 1.82) is 0 Å². The molecule has 0 saturated heterocycles. The van der Waals surface area contributed by atoms with E-state index in [9.17, 15) is 18.0 Å². The minimum absolute atomic E-state index is 0.0712. The van der Waals surface area contributed by atoms with Crippen molar-refractivity contribution in [1.82, 2.24) is 10.2 Å². The van der Waals surface area contributed by atoms with Gasteiger partial charge in [-0.15, -0.1) is 0 Å². The molecule has 0 heterocycles. The number of aryl methyl sites for hydroxylation is 1. The third-order valence-electron chi connectivity index (χ3n) is 6.62. The molecule has 1 N–H and O–H groups in total. The van der Waals surface area contributed by atoms with Crippen LogP contribution in [-0.4, -0.2) is 50.0 Å². The number of hydrogen-bond donors (Lipinski definition) is 1. The zero-order valence-corrected chi connectivity index (χ0v) is 26.3. The quantitative estimate of drug-likeness (QED) is 0.272. The van der Waals surface area contributed by atoms with Crippen molar-refractivity contribution in [2.24, 2.45) is 0 Å². The molecule has 0 fully saturated rings. The van der Waals surface area contributed by atoms with Crippen molar-refractivity contribution in [2.45, 2.75) is 52.2 Å². The average Bonchev–Trinajstić information content (AvgIpc) is 2.90. The molecule has 0 radical (unpaired) electrons. The second-order valence-electron chi connectivity index (χ2n) is 9.88. The maximum Gasteiger partial charge on any atom is 0.244 e. The molecule has 0 spiro atoms. The van der Waals surface area contributed by atoms with E-state index in [4.69, 9.17) is 11.6 Å². The van der Waals surface area contributed by atoms with Crippen molar-refractivity contribution in [3.05, 3.63) is 99.0 Å². The average molecular weight is 649 g/mol. The van der Waals surface area contributed by atoms with E-state index >= 15 is 0 Å². The van der Waals surface area contributed by atoms with Crippen molar-refractivity contribution in [3.8, 4) is 0 Å². The van der Waals surface area contributed by atoms with E-state index in [1.807, 2.05) is 57.2 Å². The number of anilines is 1. The van der Waals surface area contributed by atoms with Crippen LogP contribution in [0.2, 0.25) is 5.02 Å². The molecule has 0 bridgehead atoms. The smallest absolute Gasteiger partial charge is 0.244 e. The first-order valence-corrected chi connectivity index (χ1v) is 16.0. The monoisotopic (exact) mass is 647 g/mol. The fraction of sp³-hybridized carbons (Fsp3) is 0.333. The molecule has 0 aliphatic rings. The van der Waals surface area contributed by atoms with Gasteiger partial charge in [-0.1, -0.05) is 76.9 Å². The highest BCUT2D eigenvalue weighted by molar-refractivity contribution is 9.10. The normalized spacial score (nSPS) is 12.8. The van der Waals surface area contributed by atoms with Crippen LogP contribution in [0.3, 0.4) is 0 Å². The molecule has 214 valence electrons. The van der Waals surface area contributed by atoms with Crippen molar-refractivity contribution >= 4 is 55.1 Å². The van der Waals surface area contributed by atoms with Gasteiger partial charge in [0.15, 0.2) is 0 Å². The number of carbonyl (C=O) groups excluding carboxylic acids is 2. The first kappa shape index (κ1) is 31.6. The third kappa shape index (κ3) is 8.81. The highest BCUT2D eigenvalue weighted by atomic mass is 79.9. The van der Waals surface area contributed by atoms with E-state index in [1.165, 1.54) is 4.90 Å². The summed E-state index contributed by atoms with van der Waals surface area (Å²) in [6.07, 6.45) is 2.04. The van der Waals surface area contributed by atoms with E-state index in [2.05, 4.69) is 21.2 Å². The molecule has 0 unspecified atom stereocenters. The summed E-state index contributed by atoms with van der Waals surface area (Å²) in [4.78, 5) is 29.2. The Labute approximate surface area is 250 Å². The topological polar surface area (TPSA) is 86.8 Å². The highest BCUT2D eigenvalue weighted by Crippen LogP contribution is 2.26. The van der Waals surface area contributed by atoms with Gasteiger partial charge in [-0.05, 0) is 67.3 Å². The summed E-state index contributed by atoms with van der Waals surface area (Å²) in [5.41, 5.74) is 2.78. The van der Waals surface area contributed by atoms with Crippen LogP contribution in [0.1, 0.15) is 37.0 Å². The van der Waals surface area contributed by atoms with Crippen LogP contribution in [0.25, 0.3) is 0 Å². The molecule has 0 saturated carbocycles. The van der Waals surface area contributed by atoms with Crippen LogP contribution < -0.4 is 9.62 Å². The van der Waals surface area contributed by atoms with Gasteiger partial charge < -0.3 is 10.2 Å². The molecule has 3 aromatic carbocycles. The lowest BCUT2D eigenvalue weighted by molar-refractivity contribution is -0.140. The van der Waals surface area contributed by atoms with Crippen LogP contribution in [0.15, 0.2) is 77.3 Å². The first-order valence-electron chi connectivity index (χ1n) is 13.0. The van der Waals surface area contributed by atoms with Gasteiger partial charge in [0.25, 0.3) is 0 Å². The third-order valence-corrected chi connectivity index (χ3v) is 8.89. The Hall–Kier alpha value is -2.88. The Balaban J connectivity index is 2.07. The van der Waals surface area contributed by atoms with Gasteiger partial charge in [0.1, 0.15) is 12.6 Å². The number of nitrogens with one attached hydrogen (secondary N) is 1. The lowest BCUT2D eigenvalue weighted by Crippen LogP contribution is -2.54. The van der Waals surface area contributed by atoms with Gasteiger partial charge in [0, 0.05) is 28.5 Å². The van der Waals surface area contributed by atoms with Gasteiger partial charge in [-0.2, -0.15) is 0 Å². The minimum Gasteiger partial charge on any atom is -0.352 e. The summed E-state index contributed by atoms with van der Waals surface area (Å²) < 4.78 is 27.7. The van der Waals surface area contributed by atoms with Gasteiger partial charge >= 0.3 is 0 Å². The second kappa shape index (κ2) is 14.1. The Morgan fingerprint density at radius 2 is 1.68 bits per heavy atom. The Bertz CT molecular complexity index is 1440. The maximum atomic E-state index is 14.1. The summed E-state index contributed by atoms with van der Waals surface area (Å²) in [5.74, 6) is -0.815. The lowest BCUT2D eigenvalue weighted by atomic mass is 10.0. The predicted octanol–water partition coefficient (Wildman–Crippen LogP) is 5.73. The van der Waals surface area contributed by atoms with E-state index in [1.54, 1.807) is 36.4 Å². The Morgan fingerprint density at radius 3 is 2.27 bits per heavy atom. The number of sulfonamides is 1. The molecular formula is C30H35BrClN3O4S. The standard InChI is InChI=1S/C30H35BrClN3O4S/c1-5-22(3)33-30(37)28(18-23-10-7-6-8-11-23)34(19-24-12-9-13-25(32)17-24)29(36)20-35(40(4,38)39)26-14-15-27(31)21(2)16-26/h6-17,22,28H,5,18-20H2,1-4H3,(H,33,37)/t22-,28+/m1/s1. The summed E-state index contributed by atoms with van der Waals surface area (Å²) in [6, 6.07) is 20.6. The molecule has 0 aliphatic carbocycles. The SMILES string of the molecule is CC[C@@H](C)NC(=O)[C@H](Cc1ccccc1)N(Cc1cccc(Cl)c1)C(=O)CN(c1ccc(Br)c(C)c1)S(C)(=O)=O. The number of rotatable bonds is 12. The summed E-state index contributed by atoms with van der Waals surface area (Å²) in [5, 5.41) is 3.51. The van der Waals surface area contributed by atoms with E-state index in [-0.39, 0.29) is 24.9 Å². The first-order chi connectivity index (χ1) is 18.9. The molecular weight excluding hydrogens is 614 g/mol. The van der Waals surface area contributed by atoms with Crippen molar-refractivity contribution in [2.75, 3.05) is 17.1 Å². The second-order valence-corrected chi connectivity index (χ2v) is 13.1. The summed E-state index contributed by atoms with van der Waals surface area (Å²) in [6.45, 7) is 5.32. The van der Waals surface area contributed by atoms with Crippen LogP contribution in [0, 0.1) is 6.92 Å². The fourth-order valence-electron chi connectivity index (χ4n) is 4.22. The predicted molar refractivity (Wildman–Crippen MR) is 165 cm³/mol. The number of carbonyl (C=O) groups is 2.